The minimum Gasteiger partial charge on any atom is -0.481 e. The zero-order chi connectivity index (χ0) is 15.0. The van der Waals surface area contributed by atoms with E-state index in [0.717, 1.165) is 21.8 Å². The molecule has 2 aromatic carbocycles. The van der Waals surface area contributed by atoms with Gasteiger partial charge >= 0.3 is 5.97 Å². The fraction of sp³-hybridized carbons (Fsp3) is 0.188. The molecule has 0 radical (unpaired) electrons. The van der Waals surface area contributed by atoms with Gasteiger partial charge < -0.3 is 20.3 Å². The fourth-order valence-electron chi connectivity index (χ4n) is 2.57. The molecule has 1 heterocycles. The van der Waals surface area contributed by atoms with Crippen molar-refractivity contribution in [3.63, 3.8) is 0 Å². The summed E-state index contributed by atoms with van der Waals surface area (Å²) in [5.41, 5.74) is 2.32. The summed E-state index contributed by atoms with van der Waals surface area (Å²) in [5, 5.41) is 30.5. The van der Waals surface area contributed by atoms with Crippen LogP contribution in [0.15, 0.2) is 42.5 Å². The predicted octanol–water partition coefficient (Wildman–Crippen LogP) is 2.19. The number of para-hydroxylation sites is 1. The molecule has 21 heavy (non-hydrogen) atoms. The third-order valence-corrected chi connectivity index (χ3v) is 3.62. The van der Waals surface area contributed by atoms with E-state index in [2.05, 4.69) is 4.98 Å². The van der Waals surface area contributed by atoms with E-state index in [9.17, 15) is 15.0 Å². The Bertz CT molecular complexity index is 808. The van der Waals surface area contributed by atoms with E-state index in [1.54, 1.807) is 12.1 Å². The zero-order valence-corrected chi connectivity index (χ0v) is 11.2. The minimum absolute atomic E-state index is 0.489. The topological polar surface area (TPSA) is 93.6 Å². The Morgan fingerprint density at radius 2 is 1.76 bits per heavy atom. The molecule has 2 atom stereocenters. The Balaban J connectivity index is 2.01. The maximum absolute atomic E-state index is 10.6. The minimum atomic E-state index is -1.33. The van der Waals surface area contributed by atoms with Crippen molar-refractivity contribution in [2.75, 3.05) is 0 Å². The first-order valence-corrected chi connectivity index (χ1v) is 6.64. The molecule has 0 fully saturated rings. The number of benzene rings is 2. The second-order valence-electron chi connectivity index (χ2n) is 5.09. The molecule has 4 N–H and O–H groups in total. The number of carboxylic acid groups (broad SMARTS) is 1. The van der Waals surface area contributed by atoms with Gasteiger partial charge in [-0.2, -0.15) is 0 Å². The van der Waals surface area contributed by atoms with Gasteiger partial charge in [-0.3, -0.25) is 4.79 Å². The van der Waals surface area contributed by atoms with Crippen LogP contribution in [0.25, 0.3) is 21.8 Å². The Labute approximate surface area is 120 Å². The summed E-state index contributed by atoms with van der Waals surface area (Å²) in [5.74, 6) is -1.15. The smallest absolute Gasteiger partial charge is 0.306 e. The van der Waals surface area contributed by atoms with E-state index in [1.807, 2.05) is 30.3 Å². The molecule has 1 aromatic heterocycles. The summed E-state index contributed by atoms with van der Waals surface area (Å²) in [6.45, 7) is 0. The van der Waals surface area contributed by atoms with E-state index in [0.29, 0.717) is 5.56 Å². The lowest BCUT2D eigenvalue weighted by molar-refractivity contribution is -0.141. The lowest BCUT2D eigenvalue weighted by Gasteiger charge is -2.16. The van der Waals surface area contributed by atoms with Gasteiger partial charge in [0.25, 0.3) is 0 Å². The number of fused-ring (bicyclic) bond motifs is 3. The number of carboxylic acids is 1. The standard InChI is InChI=1S/C16H15NO4/c18-14(8-15(19)20)16(21)9-5-6-11-10-3-1-2-4-12(10)17-13(11)7-9/h1-7,14,16-18,21H,8H2,(H,19,20). The molecule has 0 aliphatic carbocycles. The first-order chi connectivity index (χ1) is 10.1. The van der Waals surface area contributed by atoms with Crippen molar-refractivity contribution in [1.29, 1.82) is 0 Å². The van der Waals surface area contributed by atoms with Crippen LogP contribution in [0.2, 0.25) is 0 Å². The van der Waals surface area contributed by atoms with E-state index in [4.69, 9.17) is 5.11 Å². The quantitative estimate of drug-likeness (QED) is 0.591. The number of hydrogen-bond acceptors (Lipinski definition) is 3. The van der Waals surface area contributed by atoms with Crippen LogP contribution >= 0.6 is 0 Å². The first kappa shape index (κ1) is 13.6. The molecular formula is C16H15NO4. The summed E-state index contributed by atoms with van der Waals surface area (Å²) >= 11 is 0. The average molecular weight is 285 g/mol. The number of aromatic nitrogens is 1. The number of hydrogen-bond donors (Lipinski definition) is 4. The number of aliphatic hydroxyl groups is 2. The van der Waals surface area contributed by atoms with Crippen LogP contribution in [-0.4, -0.2) is 32.4 Å². The van der Waals surface area contributed by atoms with Crippen molar-refractivity contribution in [2.24, 2.45) is 0 Å². The molecule has 0 saturated heterocycles. The van der Waals surface area contributed by atoms with Gasteiger partial charge in [0, 0.05) is 21.8 Å². The van der Waals surface area contributed by atoms with Crippen molar-refractivity contribution in [2.45, 2.75) is 18.6 Å². The summed E-state index contributed by atoms with van der Waals surface area (Å²) in [7, 11) is 0. The van der Waals surface area contributed by atoms with Gasteiger partial charge in [0.1, 0.15) is 6.10 Å². The van der Waals surface area contributed by atoms with Crippen molar-refractivity contribution < 1.29 is 20.1 Å². The second kappa shape index (κ2) is 5.20. The molecule has 5 nitrogen and oxygen atoms in total. The van der Waals surface area contributed by atoms with Gasteiger partial charge in [0.05, 0.1) is 12.5 Å². The van der Waals surface area contributed by atoms with Crippen molar-refractivity contribution in [3.8, 4) is 0 Å². The van der Waals surface area contributed by atoms with Crippen molar-refractivity contribution in [3.05, 3.63) is 48.0 Å². The van der Waals surface area contributed by atoms with Crippen LogP contribution in [0.4, 0.5) is 0 Å². The van der Waals surface area contributed by atoms with E-state index in [-0.39, 0.29) is 0 Å². The summed E-state index contributed by atoms with van der Waals surface area (Å²) in [6, 6.07) is 13.2. The highest BCUT2D eigenvalue weighted by atomic mass is 16.4. The van der Waals surface area contributed by atoms with Crippen LogP contribution in [0.1, 0.15) is 18.1 Å². The Morgan fingerprint density at radius 3 is 2.52 bits per heavy atom. The highest BCUT2D eigenvalue weighted by molar-refractivity contribution is 6.07. The molecule has 0 bridgehead atoms. The molecule has 0 spiro atoms. The average Bonchev–Trinajstić information content (AvgIpc) is 2.83. The number of H-pyrrole nitrogens is 1. The number of nitrogens with one attached hydrogen (secondary N) is 1. The molecule has 0 aliphatic heterocycles. The summed E-state index contributed by atoms with van der Waals surface area (Å²) < 4.78 is 0. The number of aliphatic carboxylic acids is 1. The Kier molecular flexibility index (Phi) is 3.37. The van der Waals surface area contributed by atoms with Crippen LogP contribution in [0, 0.1) is 0 Å². The van der Waals surface area contributed by atoms with Gasteiger partial charge in [-0.1, -0.05) is 30.3 Å². The molecule has 3 rings (SSSR count). The van der Waals surface area contributed by atoms with Crippen LogP contribution in [-0.2, 0) is 4.79 Å². The number of aromatic amines is 1. The van der Waals surface area contributed by atoms with Gasteiger partial charge in [0.2, 0.25) is 0 Å². The van der Waals surface area contributed by atoms with Gasteiger partial charge in [-0.25, -0.2) is 0 Å². The third-order valence-electron chi connectivity index (χ3n) is 3.62. The molecular weight excluding hydrogens is 270 g/mol. The maximum atomic E-state index is 10.6. The Hall–Kier alpha value is -2.37. The summed E-state index contributed by atoms with van der Waals surface area (Å²) in [6.07, 6.45) is -3.05. The van der Waals surface area contributed by atoms with Crippen LogP contribution in [0.5, 0.6) is 0 Å². The molecule has 3 aromatic rings. The first-order valence-electron chi connectivity index (χ1n) is 6.64. The summed E-state index contributed by atoms with van der Waals surface area (Å²) in [4.78, 5) is 13.8. The van der Waals surface area contributed by atoms with Crippen molar-refractivity contribution in [1.82, 2.24) is 4.98 Å². The normalized spacial score (nSPS) is 14.4. The predicted molar refractivity (Wildman–Crippen MR) is 79.0 cm³/mol. The van der Waals surface area contributed by atoms with E-state index in [1.165, 1.54) is 0 Å². The number of rotatable bonds is 4. The monoisotopic (exact) mass is 285 g/mol. The number of carbonyl (C=O) groups is 1. The maximum Gasteiger partial charge on any atom is 0.306 e. The van der Waals surface area contributed by atoms with Gasteiger partial charge in [-0.05, 0) is 17.7 Å². The molecule has 0 aliphatic rings. The van der Waals surface area contributed by atoms with Crippen LogP contribution < -0.4 is 0 Å². The largest absolute Gasteiger partial charge is 0.481 e. The highest BCUT2D eigenvalue weighted by Gasteiger charge is 2.21. The van der Waals surface area contributed by atoms with Crippen LogP contribution in [0.3, 0.4) is 0 Å². The van der Waals surface area contributed by atoms with E-state index < -0.39 is 24.6 Å². The molecule has 0 amide bonds. The third kappa shape index (κ3) is 2.49. The van der Waals surface area contributed by atoms with Crippen molar-refractivity contribution >= 4 is 27.8 Å². The Morgan fingerprint density at radius 1 is 1.05 bits per heavy atom. The molecule has 0 saturated carbocycles. The lowest BCUT2D eigenvalue weighted by atomic mass is 10.0. The zero-order valence-electron chi connectivity index (χ0n) is 11.2. The highest BCUT2D eigenvalue weighted by Crippen LogP contribution is 2.28. The van der Waals surface area contributed by atoms with E-state index >= 15 is 0 Å². The SMILES string of the molecule is O=C(O)CC(O)C(O)c1ccc2c(c1)[nH]c1ccccc12. The lowest BCUT2D eigenvalue weighted by Crippen LogP contribution is -2.21. The van der Waals surface area contributed by atoms with Gasteiger partial charge in [-0.15, -0.1) is 0 Å². The molecule has 108 valence electrons. The second-order valence-corrected chi connectivity index (χ2v) is 5.09. The molecule has 2 unspecified atom stereocenters. The van der Waals surface area contributed by atoms with Gasteiger partial charge in [0.15, 0.2) is 0 Å². The fourth-order valence-corrected chi connectivity index (χ4v) is 2.57. The number of aliphatic hydroxyl groups excluding tert-OH is 2. The molecule has 5 heteroatoms.